The third-order valence-corrected chi connectivity index (χ3v) is 3.48. The number of nitrogens with zero attached hydrogens (tertiary/aromatic N) is 2. The van der Waals surface area contributed by atoms with Crippen LogP contribution in [0.5, 0.6) is 5.75 Å². The Balaban J connectivity index is 2.50. The van der Waals surface area contributed by atoms with E-state index >= 15 is 0 Å². The molecule has 114 valence electrons. The lowest BCUT2D eigenvalue weighted by Crippen LogP contribution is -2.37. The summed E-state index contributed by atoms with van der Waals surface area (Å²) in [5.74, 6) is -1.39. The molecule has 0 spiro atoms. The largest absolute Gasteiger partial charge is 0.494 e. The van der Waals surface area contributed by atoms with Gasteiger partial charge in [0.15, 0.2) is 11.6 Å². The molecule has 1 heterocycles. The Morgan fingerprint density at radius 2 is 2.19 bits per heavy atom. The van der Waals surface area contributed by atoms with Crippen molar-refractivity contribution in [2.24, 2.45) is 0 Å². The molecule has 1 aliphatic rings. The maximum Gasteiger partial charge on any atom is 0.328 e. The molecule has 1 fully saturated rings. The topological polar surface area (TPSA) is 81.9 Å². The second kappa shape index (κ2) is 5.94. The number of nitro groups is 1. The van der Waals surface area contributed by atoms with Gasteiger partial charge in [-0.25, -0.2) is 9.18 Å². The zero-order valence-electron chi connectivity index (χ0n) is 11.7. The van der Waals surface area contributed by atoms with Crippen molar-refractivity contribution in [3.05, 3.63) is 28.1 Å². The quantitative estimate of drug-likeness (QED) is 0.479. The number of ether oxygens (including phenoxy) is 2. The van der Waals surface area contributed by atoms with E-state index < -0.39 is 28.4 Å². The van der Waals surface area contributed by atoms with Crippen molar-refractivity contribution in [2.45, 2.75) is 18.9 Å². The Kier molecular flexibility index (Phi) is 4.25. The first-order chi connectivity index (χ1) is 9.99. The lowest BCUT2D eigenvalue weighted by Gasteiger charge is -2.24. The van der Waals surface area contributed by atoms with Crippen LogP contribution in [0, 0.1) is 15.9 Å². The van der Waals surface area contributed by atoms with Crippen LogP contribution in [0.4, 0.5) is 15.8 Å². The lowest BCUT2D eigenvalue weighted by atomic mass is 10.2. The van der Waals surface area contributed by atoms with Crippen LogP contribution in [0.25, 0.3) is 0 Å². The smallest absolute Gasteiger partial charge is 0.328 e. The van der Waals surface area contributed by atoms with Gasteiger partial charge in [-0.05, 0) is 12.8 Å². The molecule has 1 aliphatic heterocycles. The van der Waals surface area contributed by atoms with Crippen LogP contribution in [-0.4, -0.2) is 37.7 Å². The standard InChI is InChI=1S/C13H15FN2O5/c1-20-12-7-10(11(16(18)19)6-8(12)14)15-5-3-4-9(15)13(17)21-2/h6-7,9H,3-5H2,1-2H3. The highest BCUT2D eigenvalue weighted by Crippen LogP contribution is 2.38. The van der Waals surface area contributed by atoms with Gasteiger partial charge in [0.25, 0.3) is 5.69 Å². The Labute approximate surface area is 120 Å². The Hall–Kier alpha value is -2.38. The zero-order valence-corrected chi connectivity index (χ0v) is 11.7. The van der Waals surface area contributed by atoms with Gasteiger partial charge in [0.2, 0.25) is 0 Å². The Morgan fingerprint density at radius 1 is 1.48 bits per heavy atom. The number of esters is 1. The van der Waals surface area contributed by atoms with Crippen molar-refractivity contribution in [3.63, 3.8) is 0 Å². The first-order valence-electron chi connectivity index (χ1n) is 6.36. The van der Waals surface area contributed by atoms with Crippen LogP contribution in [0.1, 0.15) is 12.8 Å². The predicted octanol–water partition coefficient (Wildman–Crippen LogP) is 1.88. The summed E-state index contributed by atoms with van der Waals surface area (Å²) >= 11 is 0. The fourth-order valence-corrected chi connectivity index (χ4v) is 2.50. The van der Waals surface area contributed by atoms with Gasteiger partial charge in [-0.2, -0.15) is 0 Å². The van der Waals surface area contributed by atoms with Crippen molar-refractivity contribution < 1.29 is 23.6 Å². The molecule has 1 aromatic rings. The van der Waals surface area contributed by atoms with Gasteiger partial charge in [-0.3, -0.25) is 10.1 Å². The molecule has 1 atom stereocenters. The highest BCUT2D eigenvalue weighted by atomic mass is 19.1. The third-order valence-electron chi connectivity index (χ3n) is 3.48. The predicted molar refractivity (Wildman–Crippen MR) is 72.0 cm³/mol. The van der Waals surface area contributed by atoms with Crippen molar-refractivity contribution in [1.29, 1.82) is 0 Å². The number of carbonyl (C=O) groups excluding carboxylic acids is 1. The summed E-state index contributed by atoms with van der Waals surface area (Å²) in [4.78, 5) is 23.8. The molecule has 2 rings (SSSR count). The molecule has 7 nitrogen and oxygen atoms in total. The molecule has 0 radical (unpaired) electrons. The van der Waals surface area contributed by atoms with Crippen molar-refractivity contribution in [1.82, 2.24) is 0 Å². The molecule has 0 aromatic heterocycles. The lowest BCUT2D eigenvalue weighted by molar-refractivity contribution is -0.384. The fourth-order valence-electron chi connectivity index (χ4n) is 2.50. The maximum atomic E-state index is 13.7. The number of hydrogen-bond donors (Lipinski definition) is 0. The molecule has 0 aliphatic carbocycles. The Bertz CT molecular complexity index is 578. The number of halogens is 1. The molecule has 8 heteroatoms. The van der Waals surface area contributed by atoms with E-state index in [0.717, 1.165) is 6.07 Å². The molecule has 0 saturated carbocycles. The van der Waals surface area contributed by atoms with E-state index in [4.69, 9.17) is 9.47 Å². The number of anilines is 1. The van der Waals surface area contributed by atoms with Crippen molar-refractivity contribution >= 4 is 17.3 Å². The summed E-state index contributed by atoms with van der Waals surface area (Å²) in [6, 6.07) is 1.44. The SMILES string of the molecule is COC(=O)C1CCCN1c1cc(OC)c(F)cc1[N+](=O)[O-]. The van der Waals surface area contributed by atoms with Crippen LogP contribution in [0.15, 0.2) is 12.1 Å². The summed E-state index contributed by atoms with van der Waals surface area (Å²) in [7, 11) is 2.54. The van der Waals surface area contributed by atoms with Gasteiger partial charge in [0.1, 0.15) is 11.7 Å². The minimum atomic E-state index is -0.818. The summed E-state index contributed by atoms with van der Waals surface area (Å²) in [6.07, 6.45) is 1.22. The molecule has 21 heavy (non-hydrogen) atoms. The van der Waals surface area contributed by atoms with E-state index in [0.29, 0.717) is 19.4 Å². The minimum absolute atomic E-state index is 0.105. The highest BCUT2D eigenvalue weighted by molar-refractivity contribution is 5.82. The van der Waals surface area contributed by atoms with E-state index in [2.05, 4.69) is 0 Å². The monoisotopic (exact) mass is 298 g/mol. The van der Waals surface area contributed by atoms with E-state index in [1.54, 1.807) is 4.90 Å². The van der Waals surface area contributed by atoms with Gasteiger partial charge >= 0.3 is 5.97 Å². The average Bonchev–Trinajstić information content (AvgIpc) is 2.95. The van der Waals surface area contributed by atoms with Crippen LogP contribution in [0.3, 0.4) is 0 Å². The maximum absolute atomic E-state index is 13.7. The third kappa shape index (κ3) is 2.74. The number of benzene rings is 1. The van der Waals surface area contributed by atoms with Gasteiger partial charge in [0.05, 0.1) is 25.2 Å². The minimum Gasteiger partial charge on any atom is -0.494 e. The molecular formula is C13H15FN2O5. The van der Waals surface area contributed by atoms with E-state index in [1.165, 1.54) is 20.3 Å². The van der Waals surface area contributed by atoms with Gasteiger partial charge in [0, 0.05) is 12.6 Å². The zero-order chi connectivity index (χ0) is 15.6. The van der Waals surface area contributed by atoms with E-state index in [9.17, 15) is 19.3 Å². The van der Waals surface area contributed by atoms with Crippen molar-refractivity contribution in [2.75, 3.05) is 25.7 Å². The van der Waals surface area contributed by atoms with E-state index in [-0.39, 0.29) is 11.4 Å². The first-order valence-corrected chi connectivity index (χ1v) is 6.36. The summed E-state index contributed by atoms with van der Waals surface area (Å²) in [6.45, 7) is 0.454. The fraction of sp³-hybridized carbons (Fsp3) is 0.462. The van der Waals surface area contributed by atoms with Crippen LogP contribution in [0.2, 0.25) is 0 Å². The molecule has 0 bridgehead atoms. The van der Waals surface area contributed by atoms with Gasteiger partial charge < -0.3 is 14.4 Å². The summed E-state index contributed by atoms with van der Waals surface area (Å²) in [5.41, 5.74) is -0.241. The molecular weight excluding hydrogens is 283 g/mol. The first kappa shape index (κ1) is 15.0. The van der Waals surface area contributed by atoms with Crippen LogP contribution in [-0.2, 0) is 9.53 Å². The van der Waals surface area contributed by atoms with E-state index in [1.807, 2.05) is 0 Å². The number of methoxy groups -OCH3 is 2. The average molecular weight is 298 g/mol. The number of nitro benzene ring substituents is 1. The summed E-state index contributed by atoms with van der Waals surface area (Å²) < 4.78 is 23.2. The Morgan fingerprint density at radius 3 is 2.76 bits per heavy atom. The highest BCUT2D eigenvalue weighted by Gasteiger charge is 2.36. The van der Waals surface area contributed by atoms with Crippen LogP contribution < -0.4 is 9.64 Å². The second-order valence-corrected chi connectivity index (χ2v) is 4.61. The molecule has 1 unspecified atom stereocenters. The second-order valence-electron chi connectivity index (χ2n) is 4.61. The summed E-state index contributed by atoms with van der Waals surface area (Å²) in [5, 5.41) is 11.1. The molecule has 1 saturated heterocycles. The number of hydrogen-bond acceptors (Lipinski definition) is 6. The van der Waals surface area contributed by atoms with Gasteiger partial charge in [-0.15, -0.1) is 0 Å². The molecule has 0 amide bonds. The van der Waals surface area contributed by atoms with Crippen molar-refractivity contribution in [3.8, 4) is 5.75 Å². The molecule has 1 aromatic carbocycles. The molecule has 0 N–H and O–H groups in total. The number of rotatable bonds is 4. The number of carbonyl (C=O) groups is 1. The van der Waals surface area contributed by atoms with Gasteiger partial charge in [-0.1, -0.05) is 0 Å². The normalized spacial score (nSPS) is 17.7. The van der Waals surface area contributed by atoms with Crippen LogP contribution >= 0.6 is 0 Å².